The number of hydrogen-bond donors (Lipinski definition) is 0. The third kappa shape index (κ3) is 5.84. The largest absolute Gasteiger partial charge is 0.489 e. The molecule has 2 aliphatic heterocycles. The first-order valence-electron chi connectivity index (χ1n) is 12.8. The Balaban J connectivity index is 1.17. The number of aromatic nitrogens is 1. The van der Waals surface area contributed by atoms with E-state index in [1.54, 1.807) is 30.5 Å². The summed E-state index contributed by atoms with van der Waals surface area (Å²) in [7, 11) is -3.23. The van der Waals surface area contributed by atoms with Crippen molar-refractivity contribution >= 4 is 15.7 Å². The van der Waals surface area contributed by atoms with Crippen LogP contribution in [0.25, 0.3) is 11.1 Å². The number of hydrogen-bond acceptors (Lipinski definition) is 7. The lowest BCUT2D eigenvalue weighted by Crippen LogP contribution is -2.44. The fraction of sp³-hybridized carbons (Fsp3) is 0.379. The van der Waals surface area contributed by atoms with E-state index in [0.717, 1.165) is 35.3 Å². The van der Waals surface area contributed by atoms with Gasteiger partial charge < -0.3 is 19.1 Å². The molecule has 0 bridgehead atoms. The van der Waals surface area contributed by atoms with Crippen molar-refractivity contribution in [2.75, 3.05) is 19.3 Å². The van der Waals surface area contributed by atoms with Gasteiger partial charge >= 0.3 is 0 Å². The van der Waals surface area contributed by atoms with Crippen LogP contribution in [0.4, 0.5) is 0 Å². The normalized spacial score (nSPS) is 18.1. The van der Waals surface area contributed by atoms with Crippen LogP contribution in [0.5, 0.6) is 11.5 Å². The Kier molecular flexibility index (Phi) is 7.40. The van der Waals surface area contributed by atoms with Crippen molar-refractivity contribution < 1.29 is 27.4 Å². The van der Waals surface area contributed by atoms with E-state index in [9.17, 15) is 13.2 Å². The van der Waals surface area contributed by atoms with Gasteiger partial charge in [0.1, 0.15) is 17.2 Å². The summed E-state index contributed by atoms with van der Waals surface area (Å²) in [6.45, 7) is 5.57. The van der Waals surface area contributed by atoms with Gasteiger partial charge in [0, 0.05) is 30.8 Å². The topological polar surface area (TPSA) is 95.0 Å². The van der Waals surface area contributed by atoms with Crippen molar-refractivity contribution in [1.82, 2.24) is 9.88 Å². The maximum absolute atomic E-state index is 12.9. The predicted octanol–water partition coefficient (Wildman–Crippen LogP) is 4.73. The number of nitrogens with zero attached hydrogens (tertiary/aromatic N) is 2. The van der Waals surface area contributed by atoms with E-state index < -0.39 is 9.84 Å². The highest BCUT2D eigenvalue weighted by molar-refractivity contribution is 7.90. The van der Waals surface area contributed by atoms with Gasteiger partial charge in [-0.05, 0) is 74.2 Å². The lowest BCUT2D eigenvalue weighted by molar-refractivity contribution is -0.148. The average Bonchev–Trinajstić information content (AvgIpc) is 2.92. The fourth-order valence-electron chi connectivity index (χ4n) is 4.83. The SMILES string of the molecule is CC(C)Oc1ccc(C(=O)N2CCC(C3OCc4cc(-c5ccc(S(C)(=O)=O)cc5)ccc4O3)CC2)nc1. The maximum Gasteiger partial charge on any atom is 0.272 e. The molecule has 1 fully saturated rings. The highest BCUT2D eigenvalue weighted by atomic mass is 32.2. The number of benzene rings is 2. The zero-order chi connectivity index (χ0) is 26.9. The molecule has 9 heteroatoms. The van der Waals surface area contributed by atoms with Crippen LogP contribution < -0.4 is 9.47 Å². The zero-order valence-electron chi connectivity index (χ0n) is 21.8. The summed E-state index contributed by atoms with van der Waals surface area (Å²) in [6, 6.07) is 16.3. The highest BCUT2D eigenvalue weighted by Gasteiger charge is 2.33. The van der Waals surface area contributed by atoms with Crippen molar-refractivity contribution in [2.24, 2.45) is 5.92 Å². The van der Waals surface area contributed by atoms with Crippen molar-refractivity contribution in [1.29, 1.82) is 0 Å². The van der Waals surface area contributed by atoms with Gasteiger partial charge in [0.15, 0.2) is 9.84 Å². The van der Waals surface area contributed by atoms with E-state index in [1.807, 2.05) is 49.1 Å². The molecule has 0 aliphatic carbocycles. The Morgan fingerprint density at radius 1 is 1.03 bits per heavy atom. The lowest BCUT2D eigenvalue weighted by atomic mass is 9.95. The van der Waals surface area contributed by atoms with Crippen LogP contribution in [0.3, 0.4) is 0 Å². The molecular formula is C29H32N2O6S. The number of fused-ring (bicyclic) bond motifs is 1. The molecule has 2 aromatic carbocycles. The molecule has 1 atom stereocenters. The van der Waals surface area contributed by atoms with Gasteiger partial charge in [0.2, 0.25) is 6.29 Å². The molecule has 1 amide bonds. The van der Waals surface area contributed by atoms with Gasteiger partial charge in [-0.25, -0.2) is 13.4 Å². The number of piperidine rings is 1. The second-order valence-electron chi connectivity index (χ2n) is 10.1. The molecule has 5 rings (SSSR count). The van der Waals surface area contributed by atoms with Crippen molar-refractivity contribution in [3.63, 3.8) is 0 Å². The minimum Gasteiger partial charge on any atom is -0.489 e. The molecule has 2 aliphatic rings. The van der Waals surface area contributed by atoms with Crippen LogP contribution in [0.1, 0.15) is 42.7 Å². The maximum atomic E-state index is 12.9. The molecule has 1 saturated heterocycles. The Morgan fingerprint density at radius 3 is 2.37 bits per heavy atom. The molecule has 8 nitrogen and oxygen atoms in total. The lowest BCUT2D eigenvalue weighted by Gasteiger charge is -2.37. The van der Waals surface area contributed by atoms with E-state index >= 15 is 0 Å². The van der Waals surface area contributed by atoms with Crippen molar-refractivity contribution in [3.05, 3.63) is 72.1 Å². The zero-order valence-corrected chi connectivity index (χ0v) is 22.6. The highest BCUT2D eigenvalue weighted by Crippen LogP contribution is 2.35. The first-order chi connectivity index (χ1) is 18.2. The summed E-state index contributed by atoms with van der Waals surface area (Å²) in [5.41, 5.74) is 3.27. The number of likely N-dealkylation sites (tertiary alicyclic amines) is 1. The van der Waals surface area contributed by atoms with Crippen LogP contribution in [-0.4, -0.2) is 55.9 Å². The second-order valence-corrected chi connectivity index (χ2v) is 12.1. The molecule has 1 unspecified atom stereocenters. The third-order valence-corrected chi connectivity index (χ3v) is 7.99. The molecule has 38 heavy (non-hydrogen) atoms. The number of carbonyl (C=O) groups is 1. The molecule has 1 aromatic heterocycles. The van der Waals surface area contributed by atoms with Crippen LogP contribution in [0, 0.1) is 5.92 Å². The quantitative estimate of drug-likeness (QED) is 0.450. The molecule has 0 saturated carbocycles. The van der Waals surface area contributed by atoms with Gasteiger partial charge in [0.25, 0.3) is 5.91 Å². The van der Waals surface area contributed by atoms with E-state index in [2.05, 4.69) is 4.98 Å². The van der Waals surface area contributed by atoms with Gasteiger partial charge in [-0.2, -0.15) is 0 Å². The van der Waals surface area contributed by atoms with Gasteiger partial charge in [-0.3, -0.25) is 4.79 Å². The van der Waals surface area contributed by atoms with Crippen LogP contribution in [-0.2, 0) is 21.2 Å². The van der Waals surface area contributed by atoms with Gasteiger partial charge in [0.05, 0.1) is 23.8 Å². The van der Waals surface area contributed by atoms with Gasteiger partial charge in [-0.1, -0.05) is 18.2 Å². The number of carbonyl (C=O) groups excluding carboxylic acids is 1. The number of sulfone groups is 1. The number of ether oxygens (including phenoxy) is 3. The Morgan fingerprint density at radius 2 is 1.74 bits per heavy atom. The van der Waals surface area contributed by atoms with E-state index in [1.165, 1.54) is 6.26 Å². The molecule has 0 N–H and O–H groups in total. The van der Waals surface area contributed by atoms with Crippen molar-refractivity contribution in [3.8, 4) is 22.6 Å². The molecular weight excluding hydrogens is 504 g/mol. The number of pyridine rings is 1. The summed E-state index contributed by atoms with van der Waals surface area (Å²) in [5, 5.41) is 0. The van der Waals surface area contributed by atoms with Crippen LogP contribution in [0.15, 0.2) is 65.7 Å². The predicted molar refractivity (Wildman–Crippen MR) is 143 cm³/mol. The minimum absolute atomic E-state index is 0.0525. The van der Waals surface area contributed by atoms with Gasteiger partial charge in [-0.15, -0.1) is 0 Å². The standard InChI is InChI=1S/C29H32N2O6S/c1-19(2)36-24-7-10-26(30-17-24)28(32)31-14-12-21(13-15-31)29-35-18-23-16-22(6-11-27(23)37-29)20-4-8-25(9-5-20)38(3,33)34/h4-11,16-17,19,21,29H,12-15,18H2,1-3H3. The van der Waals surface area contributed by atoms with Crippen molar-refractivity contribution in [2.45, 2.75) is 50.6 Å². The molecule has 0 spiro atoms. The first kappa shape index (κ1) is 26.2. The fourth-order valence-corrected chi connectivity index (χ4v) is 5.46. The molecule has 3 heterocycles. The van der Waals surface area contributed by atoms with E-state index in [4.69, 9.17) is 14.2 Å². The summed E-state index contributed by atoms with van der Waals surface area (Å²) < 4.78 is 41.4. The Labute approximate surface area is 223 Å². The van der Waals surface area contributed by atoms with Crippen LogP contribution in [0.2, 0.25) is 0 Å². The third-order valence-electron chi connectivity index (χ3n) is 6.86. The molecule has 3 aromatic rings. The monoisotopic (exact) mass is 536 g/mol. The first-order valence-corrected chi connectivity index (χ1v) is 14.7. The molecule has 200 valence electrons. The number of amides is 1. The summed E-state index contributed by atoms with van der Waals surface area (Å²) >= 11 is 0. The summed E-state index contributed by atoms with van der Waals surface area (Å²) in [5.74, 6) is 1.56. The Bertz CT molecular complexity index is 1400. The minimum atomic E-state index is -3.23. The molecule has 0 radical (unpaired) electrons. The van der Waals surface area contributed by atoms with E-state index in [0.29, 0.717) is 36.0 Å². The number of rotatable bonds is 6. The van der Waals surface area contributed by atoms with E-state index in [-0.39, 0.29) is 24.2 Å². The smallest absolute Gasteiger partial charge is 0.272 e. The Hall–Kier alpha value is -3.43. The average molecular weight is 537 g/mol. The summed E-state index contributed by atoms with van der Waals surface area (Å²) in [4.78, 5) is 19.4. The second kappa shape index (κ2) is 10.7. The summed E-state index contributed by atoms with van der Waals surface area (Å²) in [6.07, 6.45) is 4.06. The van der Waals surface area contributed by atoms with Crippen LogP contribution >= 0.6 is 0 Å².